The van der Waals surface area contributed by atoms with Gasteiger partial charge in [0.25, 0.3) is 0 Å². The van der Waals surface area contributed by atoms with Crippen LogP contribution in [0.3, 0.4) is 0 Å². The third kappa shape index (κ3) is 6.44. The van der Waals surface area contributed by atoms with Crippen LogP contribution < -0.4 is 15.5 Å². The number of carbonyl (C=O) groups is 2. The second kappa shape index (κ2) is 13.4. The molecule has 4 aromatic rings. The molecule has 4 aromatic carbocycles. The number of carbonyl (C=O) groups excluding carboxylic acids is 1. The van der Waals surface area contributed by atoms with Crippen LogP contribution in [0, 0.1) is 5.92 Å². The topological polar surface area (TPSA) is 125 Å². The SMILES string of the molecule is CN1C(C2CCCCC2)CN(c2ccccc2)c2cc(Cl)c(-c3ccc(NC(=O)Nc4ccccc4)c(C(=O)O)c3)cc2S1(O)O. The van der Waals surface area contributed by atoms with E-state index in [1.165, 1.54) is 18.6 Å². The molecule has 11 heteroatoms. The van der Waals surface area contributed by atoms with E-state index in [2.05, 4.69) is 15.5 Å². The number of carboxylic acids is 1. The summed E-state index contributed by atoms with van der Waals surface area (Å²) in [7, 11) is -1.69. The van der Waals surface area contributed by atoms with Gasteiger partial charge in [-0.25, -0.2) is 9.59 Å². The van der Waals surface area contributed by atoms with Crippen molar-refractivity contribution in [3.8, 4) is 11.1 Å². The van der Waals surface area contributed by atoms with E-state index in [1.54, 1.807) is 53.8 Å². The number of benzene rings is 4. The van der Waals surface area contributed by atoms with E-state index in [4.69, 9.17) is 11.6 Å². The summed E-state index contributed by atoms with van der Waals surface area (Å²) in [4.78, 5) is 27.4. The number of rotatable bonds is 6. The van der Waals surface area contributed by atoms with Gasteiger partial charge in [0.05, 0.1) is 26.9 Å². The minimum atomic E-state index is -3.47. The molecule has 46 heavy (non-hydrogen) atoms. The zero-order valence-corrected chi connectivity index (χ0v) is 27.0. The normalized spacial score (nSPS) is 19.0. The number of fused-ring (bicyclic) bond motifs is 1. The molecule has 2 aliphatic rings. The van der Waals surface area contributed by atoms with Gasteiger partial charge in [0.15, 0.2) is 0 Å². The lowest BCUT2D eigenvalue weighted by atomic mass is 9.83. The average Bonchev–Trinajstić information content (AvgIpc) is 3.14. The lowest BCUT2D eigenvalue weighted by molar-refractivity contribution is 0.0698. The van der Waals surface area contributed by atoms with Gasteiger partial charge in [-0.05, 0) is 72.9 Å². The Morgan fingerprint density at radius 2 is 1.54 bits per heavy atom. The predicted octanol–water partition coefficient (Wildman–Crippen LogP) is 9.41. The molecule has 9 nitrogen and oxygen atoms in total. The van der Waals surface area contributed by atoms with Crippen LogP contribution in [-0.4, -0.2) is 50.2 Å². The van der Waals surface area contributed by atoms with Gasteiger partial charge in [0, 0.05) is 36.6 Å². The van der Waals surface area contributed by atoms with Crippen molar-refractivity contribution in [2.45, 2.75) is 43.0 Å². The van der Waals surface area contributed by atoms with Crippen molar-refractivity contribution in [3.05, 3.63) is 102 Å². The number of nitrogens with zero attached hydrogens (tertiary/aromatic N) is 2. The first kappa shape index (κ1) is 31.9. The molecule has 1 heterocycles. The van der Waals surface area contributed by atoms with Gasteiger partial charge in [-0.1, -0.05) is 73.3 Å². The Hall–Kier alpha value is -4.06. The molecule has 240 valence electrons. The number of hydrogen-bond donors (Lipinski definition) is 5. The molecule has 1 saturated carbocycles. The van der Waals surface area contributed by atoms with Gasteiger partial charge in [-0.2, -0.15) is 4.31 Å². The number of likely N-dealkylation sites (N-methyl/N-ethyl adjacent to an activating group) is 1. The fraction of sp³-hybridized carbons (Fsp3) is 0.257. The summed E-state index contributed by atoms with van der Waals surface area (Å²) < 4.78 is 25.7. The third-order valence-corrected chi connectivity index (χ3v) is 11.3. The highest BCUT2D eigenvalue weighted by Crippen LogP contribution is 2.60. The van der Waals surface area contributed by atoms with E-state index in [9.17, 15) is 23.8 Å². The molecule has 0 saturated heterocycles. The van der Waals surface area contributed by atoms with Crippen molar-refractivity contribution >= 4 is 57.1 Å². The minimum absolute atomic E-state index is 0.102. The van der Waals surface area contributed by atoms with E-state index in [1.807, 2.05) is 36.4 Å². The summed E-state index contributed by atoms with van der Waals surface area (Å²) >= 11 is 6.94. The van der Waals surface area contributed by atoms with Gasteiger partial charge >= 0.3 is 12.0 Å². The number of para-hydroxylation sites is 2. The molecule has 5 N–H and O–H groups in total. The van der Waals surface area contributed by atoms with E-state index in [-0.39, 0.29) is 17.3 Å². The number of hydrogen-bond acceptors (Lipinski definition) is 6. The van der Waals surface area contributed by atoms with Crippen LogP contribution in [0.4, 0.5) is 27.5 Å². The molecule has 0 spiro atoms. The van der Waals surface area contributed by atoms with E-state index in [0.717, 1.165) is 31.4 Å². The maximum absolute atomic E-state index is 12.7. The van der Waals surface area contributed by atoms with Crippen molar-refractivity contribution in [2.24, 2.45) is 5.92 Å². The quantitative estimate of drug-likeness (QED) is 0.139. The first-order valence-corrected chi connectivity index (χ1v) is 17.2. The molecular formula is C35H37ClN4O5S. The predicted molar refractivity (Wildman–Crippen MR) is 186 cm³/mol. The Kier molecular flexibility index (Phi) is 9.26. The maximum Gasteiger partial charge on any atom is 0.337 e. The largest absolute Gasteiger partial charge is 0.478 e. The minimum Gasteiger partial charge on any atom is -0.478 e. The van der Waals surface area contributed by atoms with Gasteiger partial charge in [0.2, 0.25) is 0 Å². The van der Waals surface area contributed by atoms with Crippen molar-refractivity contribution in [1.82, 2.24) is 4.31 Å². The van der Waals surface area contributed by atoms with Crippen molar-refractivity contribution in [1.29, 1.82) is 0 Å². The number of nitrogens with one attached hydrogen (secondary N) is 2. The molecule has 1 aliphatic heterocycles. The number of carboxylic acid groups (broad SMARTS) is 1. The standard InChI is InChI=1S/C35H37ClN4O5S/c1-39-32(23-11-5-2-6-12-23)22-40(26-15-9-4-10-16-26)31-21-29(36)27(20-33(31)46(39,44)45)24-17-18-30(28(19-24)34(41)42)38-35(43)37-25-13-7-3-8-14-25/h3-4,7-10,13-21,23,32,44-45H,2,5-6,11-12,22H2,1H3,(H,41,42)(H2,37,38,43). The Morgan fingerprint density at radius 3 is 2.22 bits per heavy atom. The molecule has 1 unspecified atom stereocenters. The van der Waals surface area contributed by atoms with Crippen LogP contribution in [0.15, 0.2) is 95.9 Å². The number of anilines is 4. The third-order valence-electron chi connectivity index (χ3n) is 8.98. The van der Waals surface area contributed by atoms with Crippen LogP contribution in [0.25, 0.3) is 11.1 Å². The molecule has 2 amide bonds. The molecule has 6 rings (SSSR count). The second-order valence-corrected chi connectivity index (χ2v) is 14.2. The average molecular weight is 661 g/mol. The Morgan fingerprint density at radius 1 is 0.870 bits per heavy atom. The van der Waals surface area contributed by atoms with Crippen LogP contribution in [-0.2, 0) is 0 Å². The first-order valence-electron chi connectivity index (χ1n) is 15.3. The van der Waals surface area contributed by atoms with E-state index < -0.39 is 22.8 Å². The Labute approximate surface area is 275 Å². The second-order valence-electron chi connectivity index (χ2n) is 11.8. The molecule has 0 aromatic heterocycles. The van der Waals surface area contributed by atoms with Crippen LogP contribution in [0.5, 0.6) is 0 Å². The lowest BCUT2D eigenvalue weighted by Gasteiger charge is -2.46. The molecule has 0 bridgehead atoms. The number of urea groups is 1. The Balaban J connectivity index is 1.40. The molecular weight excluding hydrogens is 624 g/mol. The zero-order valence-electron chi connectivity index (χ0n) is 25.4. The lowest BCUT2D eigenvalue weighted by Crippen LogP contribution is -2.45. The molecule has 1 fully saturated rings. The summed E-state index contributed by atoms with van der Waals surface area (Å²) in [6, 6.07) is 26.0. The van der Waals surface area contributed by atoms with Gasteiger partial charge in [0.1, 0.15) is 0 Å². The molecule has 0 radical (unpaired) electrons. The van der Waals surface area contributed by atoms with Crippen LogP contribution >= 0.6 is 22.4 Å². The van der Waals surface area contributed by atoms with Crippen LogP contribution in [0.2, 0.25) is 5.02 Å². The van der Waals surface area contributed by atoms with E-state index in [0.29, 0.717) is 44.9 Å². The number of aromatic carboxylic acids is 1. The molecule has 1 atom stereocenters. The van der Waals surface area contributed by atoms with Crippen molar-refractivity contribution < 1.29 is 23.8 Å². The van der Waals surface area contributed by atoms with Crippen molar-refractivity contribution in [3.63, 3.8) is 0 Å². The maximum atomic E-state index is 12.7. The summed E-state index contributed by atoms with van der Waals surface area (Å²) in [6.45, 7) is 0.554. The fourth-order valence-corrected chi connectivity index (χ4v) is 8.48. The van der Waals surface area contributed by atoms with Crippen LogP contribution in [0.1, 0.15) is 42.5 Å². The summed E-state index contributed by atoms with van der Waals surface area (Å²) in [5.74, 6) is -0.935. The van der Waals surface area contributed by atoms with Gasteiger partial charge in [-0.15, -0.1) is 10.8 Å². The zero-order chi connectivity index (χ0) is 32.4. The summed E-state index contributed by atoms with van der Waals surface area (Å²) in [5.41, 5.74) is 2.93. The highest BCUT2D eigenvalue weighted by molar-refractivity contribution is 8.22. The Bertz CT molecular complexity index is 1730. The highest BCUT2D eigenvalue weighted by atomic mass is 35.5. The van der Waals surface area contributed by atoms with Gasteiger partial charge in [-0.3, -0.25) is 9.11 Å². The monoisotopic (exact) mass is 660 g/mol. The fourth-order valence-electron chi connectivity index (χ4n) is 6.56. The van der Waals surface area contributed by atoms with Crippen molar-refractivity contribution in [2.75, 3.05) is 29.1 Å². The first-order chi connectivity index (χ1) is 22.1. The van der Waals surface area contributed by atoms with E-state index >= 15 is 0 Å². The number of halogens is 1. The highest BCUT2D eigenvalue weighted by Gasteiger charge is 2.41. The smallest absolute Gasteiger partial charge is 0.337 e. The summed E-state index contributed by atoms with van der Waals surface area (Å²) in [5, 5.41) is 15.7. The number of amides is 2. The van der Waals surface area contributed by atoms with Gasteiger partial charge < -0.3 is 20.6 Å². The summed E-state index contributed by atoms with van der Waals surface area (Å²) in [6.07, 6.45) is 5.48. The molecule has 1 aliphatic carbocycles.